The highest BCUT2D eigenvalue weighted by molar-refractivity contribution is 5.89. The molecule has 0 saturated heterocycles. The number of urea groups is 1. The molecule has 0 atom stereocenters. The van der Waals surface area contributed by atoms with Crippen molar-refractivity contribution in [2.75, 3.05) is 17.7 Å². The average Bonchev–Trinajstić information content (AvgIpc) is 2.64. The molecule has 1 heterocycles. The number of methoxy groups -OCH3 is 1. The summed E-state index contributed by atoms with van der Waals surface area (Å²) in [5.41, 5.74) is 2.65. The Morgan fingerprint density at radius 2 is 1.96 bits per heavy atom. The molecule has 1 aliphatic carbocycles. The molecule has 0 aliphatic heterocycles. The van der Waals surface area contributed by atoms with E-state index in [2.05, 4.69) is 20.9 Å². The Morgan fingerprint density at radius 3 is 2.65 bits per heavy atom. The molecule has 1 aliphatic rings. The number of aryl methyl sites for hydroxylation is 1. The van der Waals surface area contributed by atoms with Crippen LogP contribution in [0.1, 0.15) is 37.7 Å². The van der Waals surface area contributed by atoms with Gasteiger partial charge in [0.15, 0.2) is 0 Å². The summed E-state index contributed by atoms with van der Waals surface area (Å²) in [6, 6.07) is 9.70. The van der Waals surface area contributed by atoms with Crippen LogP contribution in [0.5, 0.6) is 5.75 Å². The van der Waals surface area contributed by atoms with Crippen molar-refractivity contribution in [2.45, 2.75) is 45.1 Å². The van der Waals surface area contributed by atoms with E-state index >= 15 is 0 Å². The van der Waals surface area contributed by atoms with E-state index in [-0.39, 0.29) is 12.1 Å². The lowest BCUT2D eigenvalue weighted by atomic mass is 9.96. The van der Waals surface area contributed by atoms with Gasteiger partial charge in [0.25, 0.3) is 0 Å². The van der Waals surface area contributed by atoms with Crippen molar-refractivity contribution in [3.8, 4) is 5.75 Å². The zero-order valence-corrected chi connectivity index (χ0v) is 15.3. The highest BCUT2D eigenvalue weighted by Crippen LogP contribution is 2.28. The van der Waals surface area contributed by atoms with Crippen molar-refractivity contribution in [1.82, 2.24) is 10.3 Å². The summed E-state index contributed by atoms with van der Waals surface area (Å²) in [4.78, 5) is 16.5. The number of amides is 2. The Morgan fingerprint density at radius 1 is 1.15 bits per heavy atom. The number of anilines is 3. The summed E-state index contributed by atoms with van der Waals surface area (Å²) in [6.45, 7) is 2.02. The van der Waals surface area contributed by atoms with Crippen LogP contribution in [-0.4, -0.2) is 24.2 Å². The highest BCUT2D eigenvalue weighted by atomic mass is 16.5. The second-order valence-electron chi connectivity index (χ2n) is 6.69. The van der Waals surface area contributed by atoms with Crippen LogP contribution in [0, 0.1) is 6.92 Å². The lowest BCUT2D eigenvalue weighted by Gasteiger charge is -2.22. The summed E-state index contributed by atoms with van der Waals surface area (Å²) in [5, 5.41) is 9.13. The minimum absolute atomic E-state index is 0.167. The number of nitrogens with one attached hydrogen (secondary N) is 3. The van der Waals surface area contributed by atoms with Gasteiger partial charge >= 0.3 is 6.03 Å². The van der Waals surface area contributed by atoms with Gasteiger partial charge in [-0.05, 0) is 49.6 Å². The van der Waals surface area contributed by atoms with Gasteiger partial charge in [-0.1, -0.05) is 25.3 Å². The average molecular weight is 354 g/mol. The summed E-state index contributed by atoms with van der Waals surface area (Å²) >= 11 is 0. The van der Waals surface area contributed by atoms with Crippen LogP contribution in [-0.2, 0) is 0 Å². The molecule has 3 N–H and O–H groups in total. The monoisotopic (exact) mass is 354 g/mol. The number of carbonyl (C=O) groups excluding carboxylic acids is 1. The number of pyridine rings is 1. The molecule has 1 aromatic heterocycles. The summed E-state index contributed by atoms with van der Waals surface area (Å²) in [5.74, 6) is 1.44. The SMILES string of the molecule is COc1ccc(C)cc1Nc1ccc(NC(=O)NC2CCCCC2)cn1. The van der Waals surface area contributed by atoms with E-state index in [1.807, 2.05) is 37.3 Å². The van der Waals surface area contributed by atoms with E-state index in [0.717, 1.165) is 29.8 Å². The Bertz CT molecular complexity index is 740. The van der Waals surface area contributed by atoms with Crippen molar-refractivity contribution >= 4 is 23.2 Å². The molecule has 0 unspecified atom stereocenters. The Balaban J connectivity index is 1.58. The van der Waals surface area contributed by atoms with Gasteiger partial charge in [0.05, 0.1) is 24.7 Å². The Kier molecular flexibility index (Phi) is 5.94. The van der Waals surface area contributed by atoms with Gasteiger partial charge in [-0.15, -0.1) is 0 Å². The maximum Gasteiger partial charge on any atom is 0.319 e. The number of ether oxygens (including phenoxy) is 1. The van der Waals surface area contributed by atoms with Crippen molar-refractivity contribution in [2.24, 2.45) is 0 Å². The Labute approximate surface area is 154 Å². The number of nitrogens with zero attached hydrogens (tertiary/aromatic N) is 1. The van der Waals surface area contributed by atoms with E-state index < -0.39 is 0 Å². The fraction of sp³-hybridized carbons (Fsp3) is 0.400. The third-order valence-corrected chi connectivity index (χ3v) is 4.58. The van der Waals surface area contributed by atoms with Gasteiger partial charge in [0.2, 0.25) is 0 Å². The number of benzene rings is 1. The molecule has 1 fully saturated rings. The number of aromatic nitrogens is 1. The van der Waals surface area contributed by atoms with Crippen molar-refractivity contribution in [3.05, 3.63) is 42.1 Å². The van der Waals surface area contributed by atoms with Crippen LogP contribution in [0.4, 0.5) is 22.0 Å². The predicted molar refractivity (Wildman–Crippen MR) is 104 cm³/mol. The summed E-state index contributed by atoms with van der Waals surface area (Å²) < 4.78 is 5.37. The van der Waals surface area contributed by atoms with Crippen LogP contribution >= 0.6 is 0 Å². The molecule has 3 rings (SSSR count). The fourth-order valence-corrected chi connectivity index (χ4v) is 3.20. The maximum absolute atomic E-state index is 12.1. The molecule has 0 bridgehead atoms. The molecule has 0 radical (unpaired) electrons. The van der Waals surface area contributed by atoms with E-state index in [1.165, 1.54) is 19.3 Å². The van der Waals surface area contributed by atoms with E-state index in [0.29, 0.717) is 11.5 Å². The molecule has 1 saturated carbocycles. The molecular weight excluding hydrogens is 328 g/mol. The quantitative estimate of drug-likeness (QED) is 0.734. The zero-order chi connectivity index (χ0) is 18.4. The molecule has 6 heteroatoms. The number of rotatable bonds is 5. The number of carbonyl (C=O) groups is 1. The zero-order valence-electron chi connectivity index (χ0n) is 15.3. The first-order valence-electron chi connectivity index (χ1n) is 9.09. The topological polar surface area (TPSA) is 75.3 Å². The number of hydrogen-bond donors (Lipinski definition) is 3. The Hall–Kier alpha value is -2.76. The standard InChI is InChI=1S/C20H26N4O2/c1-14-8-10-18(26-2)17(12-14)24-19-11-9-16(13-21-19)23-20(25)22-15-6-4-3-5-7-15/h8-13,15H,3-7H2,1-2H3,(H,21,24)(H2,22,23,25). The molecule has 1 aromatic carbocycles. The van der Waals surface area contributed by atoms with Crippen LogP contribution < -0.4 is 20.7 Å². The normalized spacial score (nSPS) is 14.5. The van der Waals surface area contributed by atoms with E-state index in [9.17, 15) is 4.79 Å². The third-order valence-electron chi connectivity index (χ3n) is 4.58. The lowest BCUT2D eigenvalue weighted by Crippen LogP contribution is -2.39. The minimum Gasteiger partial charge on any atom is -0.495 e. The van der Waals surface area contributed by atoms with Gasteiger partial charge in [-0.25, -0.2) is 9.78 Å². The molecule has 6 nitrogen and oxygen atoms in total. The molecule has 138 valence electrons. The third kappa shape index (κ3) is 4.88. The summed E-state index contributed by atoms with van der Waals surface area (Å²) in [6.07, 6.45) is 7.42. The van der Waals surface area contributed by atoms with Crippen molar-refractivity contribution < 1.29 is 9.53 Å². The van der Waals surface area contributed by atoms with Crippen LogP contribution in [0.15, 0.2) is 36.5 Å². The molecule has 2 amide bonds. The van der Waals surface area contributed by atoms with E-state index in [1.54, 1.807) is 13.3 Å². The van der Waals surface area contributed by atoms with E-state index in [4.69, 9.17) is 4.74 Å². The number of hydrogen-bond acceptors (Lipinski definition) is 4. The second kappa shape index (κ2) is 8.56. The maximum atomic E-state index is 12.1. The van der Waals surface area contributed by atoms with Gasteiger partial charge in [0.1, 0.15) is 11.6 Å². The van der Waals surface area contributed by atoms with Crippen molar-refractivity contribution in [3.63, 3.8) is 0 Å². The molecular formula is C20H26N4O2. The molecule has 0 spiro atoms. The highest BCUT2D eigenvalue weighted by Gasteiger charge is 2.15. The van der Waals surface area contributed by atoms with Gasteiger partial charge in [0, 0.05) is 6.04 Å². The smallest absolute Gasteiger partial charge is 0.319 e. The van der Waals surface area contributed by atoms with Crippen LogP contribution in [0.2, 0.25) is 0 Å². The summed E-state index contributed by atoms with van der Waals surface area (Å²) in [7, 11) is 1.64. The van der Waals surface area contributed by atoms with Gasteiger partial charge < -0.3 is 20.7 Å². The molecule has 2 aromatic rings. The lowest BCUT2D eigenvalue weighted by molar-refractivity contribution is 0.244. The largest absolute Gasteiger partial charge is 0.495 e. The van der Waals surface area contributed by atoms with Crippen LogP contribution in [0.25, 0.3) is 0 Å². The minimum atomic E-state index is -0.167. The van der Waals surface area contributed by atoms with Gasteiger partial charge in [-0.2, -0.15) is 0 Å². The molecule has 26 heavy (non-hydrogen) atoms. The first-order chi connectivity index (χ1) is 12.6. The first kappa shape index (κ1) is 18.0. The first-order valence-corrected chi connectivity index (χ1v) is 9.09. The second-order valence-corrected chi connectivity index (χ2v) is 6.69. The van der Waals surface area contributed by atoms with Crippen LogP contribution in [0.3, 0.4) is 0 Å². The predicted octanol–water partition coefficient (Wildman–Crippen LogP) is 4.60. The van der Waals surface area contributed by atoms with Gasteiger partial charge in [-0.3, -0.25) is 0 Å². The fourth-order valence-electron chi connectivity index (χ4n) is 3.20. The van der Waals surface area contributed by atoms with Crippen molar-refractivity contribution in [1.29, 1.82) is 0 Å².